The van der Waals surface area contributed by atoms with Gasteiger partial charge in [0.1, 0.15) is 5.25 Å². The average Bonchev–Trinajstić information content (AvgIpc) is 2.69. The van der Waals surface area contributed by atoms with Crippen LogP contribution in [0.5, 0.6) is 0 Å². The largest absolute Gasteiger partial charge is 0.481 e. The van der Waals surface area contributed by atoms with Crippen LogP contribution in [-0.2, 0) is 9.59 Å². The summed E-state index contributed by atoms with van der Waals surface area (Å²) in [5, 5.41) is 19.6. The Labute approximate surface area is 107 Å². The van der Waals surface area contributed by atoms with Crippen LogP contribution in [-0.4, -0.2) is 32.5 Å². The molecule has 0 radical (unpaired) electrons. The minimum absolute atomic E-state index is 0.299. The van der Waals surface area contributed by atoms with Gasteiger partial charge >= 0.3 is 5.97 Å². The SMILES string of the molecule is O=C(O)CC1SC2(O)Nc3ccccc3N2C1=O. The summed E-state index contributed by atoms with van der Waals surface area (Å²) in [7, 11) is 0. The van der Waals surface area contributed by atoms with E-state index >= 15 is 0 Å². The summed E-state index contributed by atoms with van der Waals surface area (Å²) in [4.78, 5) is 24.0. The molecular formula is C11H10N2O4S. The highest BCUT2D eigenvalue weighted by Gasteiger charge is 2.56. The summed E-state index contributed by atoms with van der Waals surface area (Å²) in [6.45, 7) is 0. The van der Waals surface area contributed by atoms with Crippen molar-refractivity contribution in [3.05, 3.63) is 24.3 Å². The number of carbonyl (C=O) groups excluding carboxylic acids is 1. The smallest absolute Gasteiger partial charge is 0.305 e. The molecule has 0 aliphatic carbocycles. The van der Waals surface area contributed by atoms with E-state index in [1.807, 2.05) is 0 Å². The molecule has 6 nitrogen and oxygen atoms in total. The Morgan fingerprint density at radius 1 is 1.50 bits per heavy atom. The molecule has 2 aliphatic heterocycles. The second kappa shape index (κ2) is 3.63. The highest BCUT2D eigenvalue weighted by molar-refractivity contribution is 8.02. The number of anilines is 2. The maximum absolute atomic E-state index is 12.1. The van der Waals surface area contributed by atoms with Gasteiger partial charge in [0.2, 0.25) is 5.91 Å². The number of rotatable bonds is 2. The van der Waals surface area contributed by atoms with Gasteiger partial charge in [0.05, 0.1) is 17.8 Å². The fourth-order valence-corrected chi connectivity index (χ4v) is 3.49. The van der Waals surface area contributed by atoms with E-state index in [1.165, 1.54) is 4.90 Å². The number of aliphatic carboxylic acids is 1. The van der Waals surface area contributed by atoms with Crippen molar-refractivity contribution in [1.29, 1.82) is 0 Å². The van der Waals surface area contributed by atoms with E-state index in [2.05, 4.69) is 5.32 Å². The molecule has 0 spiro atoms. The van der Waals surface area contributed by atoms with Crippen molar-refractivity contribution in [1.82, 2.24) is 0 Å². The van der Waals surface area contributed by atoms with Gasteiger partial charge in [-0.3, -0.25) is 14.5 Å². The number of fused-ring (bicyclic) bond motifs is 3. The molecule has 3 N–H and O–H groups in total. The van der Waals surface area contributed by atoms with Gasteiger partial charge in [0, 0.05) is 0 Å². The minimum Gasteiger partial charge on any atom is -0.481 e. The summed E-state index contributed by atoms with van der Waals surface area (Å²) in [5.41, 5.74) is 1.24. The summed E-state index contributed by atoms with van der Waals surface area (Å²) in [6.07, 6.45) is -0.299. The number of thioether (sulfide) groups is 1. The molecule has 2 aliphatic rings. The predicted octanol–water partition coefficient (Wildman–Crippen LogP) is 0.639. The predicted molar refractivity (Wildman–Crippen MR) is 66.1 cm³/mol. The van der Waals surface area contributed by atoms with Crippen molar-refractivity contribution < 1.29 is 19.8 Å². The Balaban J connectivity index is 1.98. The number of nitrogens with zero attached hydrogens (tertiary/aromatic N) is 1. The van der Waals surface area contributed by atoms with Crippen molar-refractivity contribution in [3.63, 3.8) is 0 Å². The van der Waals surface area contributed by atoms with E-state index in [1.54, 1.807) is 24.3 Å². The normalized spacial score (nSPS) is 28.8. The molecule has 1 fully saturated rings. The lowest BCUT2D eigenvalue weighted by atomic mass is 10.2. The van der Waals surface area contributed by atoms with Gasteiger partial charge < -0.3 is 15.5 Å². The van der Waals surface area contributed by atoms with Crippen molar-refractivity contribution >= 4 is 35.0 Å². The molecular weight excluding hydrogens is 256 g/mol. The zero-order valence-electron chi connectivity index (χ0n) is 9.16. The molecule has 94 valence electrons. The Hall–Kier alpha value is -1.73. The van der Waals surface area contributed by atoms with Gasteiger partial charge in [-0.05, 0) is 12.1 Å². The third-order valence-corrected chi connectivity index (χ3v) is 4.17. The van der Waals surface area contributed by atoms with Crippen LogP contribution in [0.4, 0.5) is 11.4 Å². The van der Waals surface area contributed by atoms with Crippen molar-refractivity contribution in [3.8, 4) is 0 Å². The van der Waals surface area contributed by atoms with Crippen LogP contribution in [0.3, 0.4) is 0 Å². The van der Waals surface area contributed by atoms with E-state index < -0.39 is 16.4 Å². The molecule has 1 aromatic rings. The Morgan fingerprint density at radius 2 is 2.22 bits per heavy atom. The van der Waals surface area contributed by atoms with E-state index in [0.717, 1.165) is 11.8 Å². The first-order chi connectivity index (χ1) is 8.51. The molecule has 1 aromatic carbocycles. The van der Waals surface area contributed by atoms with Gasteiger partial charge in [-0.15, -0.1) is 0 Å². The zero-order valence-corrected chi connectivity index (χ0v) is 9.98. The van der Waals surface area contributed by atoms with Gasteiger partial charge in [-0.1, -0.05) is 23.9 Å². The first-order valence-corrected chi connectivity index (χ1v) is 6.22. The third-order valence-electron chi connectivity index (χ3n) is 2.91. The number of carboxylic acid groups (broad SMARTS) is 1. The lowest BCUT2D eigenvalue weighted by Gasteiger charge is -2.23. The number of nitrogens with one attached hydrogen (secondary N) is 1. The fourth-order valence-electron chi connectivity index (χ4n) is 2.20. The van der Waals surface area contributed by atoms with Gasteiger partial charge in [-0.2, -0.15) is 0 Å². The zero-order chi connectivity index (χ0) is 12.9. The van der Waals surface area contributed by atoms with Crippen LogP contribution >= 0.6 is 11.8 Å². The van der Waals surface area contributed by atoms with Crippen LogP contribution in [0.15, 0.2) is 24.3 Å². The maximum Gasteiger partial charge on any atom is 0.305 e. The van der Waals surface area contributed by atoms with Crippen molar-refractivity contribution in [2.45, 2.75) is 16.9 Å². The highest BCUT2D eigenvalue weighted by Crippen LogP contribution is 2.51. The number of hydrogen-bond donors (Lipinski definition) is 3. The summed E-state index contributed by atoms with van der Waals surface area (Å²) >= 11 is 0.917. The second-order valence-electron chi connectivity index (χ2n) is 4.13. The third kappa shape index (κ3) is 1.48. The number of carbonyl (C=O) groups is 2. The Morgan fingerprint density at radius 3 is 2.94 bits per heavy atom. The fraction of sp³-hybridized carbons (Fsp3) is 0.273. The van der Waals surface area contributed by atoms with Gasteiger partial charge in [0.25, 0.3) is 5.18 Å². The van der Waals surface area contributed by atoms with Crippen molar-refractivity contribution in [2.75, 3.05) is 10.2 Å². The molecule has 0 aromatic heterocycles. The molecule has 2 heterocycles. The highest BCUT2D eigenvalue weighted by atomic mass is 32.2. The Bertz CT molecular complexity index is 550. The van der Waals surface area contributed by atoms with Gasteiger partial charge in [-0.25, -0.2) is 0 Å². The Kier molecular flexibility index (Phi) is 2.29. The number of carboxylic acids is 1. The molecule has 0 bridgehead atoms. The molecule has 2 unspecified atom stereocenters. The second-order valence-corrected chi connectivity index (χ2v) is 5.50. The maximum atomic E-state index is 12.1. The van der Waals surface area contributed by atoms with E-state index in [9.17, 15) is 14.7 Å². The van der Waals surface area contributed by atoms with Crippen LogP contribution in [0.25, 0.3) is 0 Å². The summed E-state index contributed by atoms with van der Waals surface area (Å²) < 4.78 is 0. The standard InChI is InChI=1S/C11H10N2O4S/c14-9(15)5-8-10(16)13-7-4-2-1-3-6(7)12-11(13,17)18-8/h1-4,8,12,17H,5H2,(H,14,15). The van der Waals surface area contributed by atoms with Crippen molar-refractivity contribution in [2.24, 2.45) is 0 Å². The van der Waals surface area contributed by atoms with Crippen LogP contribution in [0.1, 0.15) is 6.42 Å². The molecule has 2 atom stereocenters. The first-order valence-electron chi connectivity index (χ1n) is 5.34. The number of benzene rings is 1. The molecule has 3 rings (SSSR count). The molecule has 1 amide bonds. The van der Waals surface area contributed by atoms with E-state index in [-0.39, 0.29) is 12.3 Å². The molecule has 1 saturated heterocycles. The number of hydrogen-bond acceptors (Lipinski definition) is 5. The lowest BCUT2D eigenvalue weighted by Crippen LogP contribution is -2.45. The molecule has 7 heteroatoms. The summed E-state index contributed by atoms with van der Waals surface area (Å²) in [5.74, 6) is -1.44. The van der Waals surface area contributed by atoms with E-state index in [4.69, 9.17) is 5.11 Å². The first kappa shape index (κ1) is 11.4. The number of amides is 1. The summed E-state index contributed by atoms with van der Waals surface area (Å²) in [6, 6.07) is 7.02. The average molecular weight is 266 g/mol. The number of para-hydroxylation sites is 2. The minimum atomic E-state index is -1.57. The van der Waals surface area contributed by atoms with Gasteiger partial charge in [0.15, 0.2) is 0 Å². The molecule has 18 heavy (non-hydrogen) atoms. The topological polar surface area (TPSA) is 89.9 Å². The van der Waals surface area contributed by atoms with Crippen LogP contribution < -0.4 is 10.2 Å². The quantitative estimate of drug-likeness (QED) is 0.728. The van der Waals surface area contributed by atoms with E-state index in [0.29, 0.717) is 11.4 Å². The number of aliphatic hydroxyl groups is 1. The van der Waals surface area contributed by atoms with Crippen LogP contribution in [0.2, 0.25) is 0 Å². The lowest BCUT2D eigenvalue weighted by molar-refractivity contribution is -0.138. The van der Waals surface area contributed by atoms with Crippen LogP contribution in [0, 0.1) is 0 Å². The molecule has 0 saturated carbocycles. The monoisotopic (exact) mass is 266 g/mol.